The first-order valence-corrected chi connectivity index (χ1v) is 6.64. The van der Waals surface area contributed by atoms with Crippen molar-refractivity contribution in [1.82, 2.24) is 10.2 Å². The molecule has 0 unspecified atom stereocenters. The van der Waals surface area contributed by atoms with Crippen LogP contribution in [0.1, 0.15) is 17.6 Å². The number of thiophene rings is 1. The van der Waals surface area contributed by atoms with Crippen LogP contribution in [0.2, 0.25) is 0 Å². The lowest BCUT2D eigenvalue weighted by atomic mass is 10.2. The number of esters is 1. The summed E-state index contributed by atoms with van der Waals surface area (Å²) in [5, 5.41) is 10.6. The van der Waals surface area contributed by atoms with Crippen LogP contribution in [-0.2, 0) is 4.74 Å². The summed E-state index contributed by atoms with van der Waals surface area (Å²) in [6.07, 6.45) is 0. The van der Waals surface area contributed by atoms with Gasteiger partial charge in [-0.15, -0.1) is 21.5 Å². The molecule has 6 heteroatoms. The minimum absolute atomic E-state index is 0.118. The number of fused-ring (bicyclic) bond motifs is 1. The minimum Gasteiger partial charge on any atom is -0.459 e. The molecule has 0 amide bonds. The number of hydrogen-bond acceptors (Lipinski definition) is 6. The van der Waals surface area contributed by atoms with Crippen molar-refractivity contribution in [3.63, 3.8) is 0 Å². The maximum atomic E-state index is 11.5. The van der Waals surface area contributed by atoms with Crippen molar-refractivity contribution in [3.05, 3.63) is 35.5 Å². The first-order valence-electron chi connectivity index (χ1n) is 5.77. The SMILES string of the molecule is CCOC(=O)c1nnc(-c2csc3ccccc23)o1. The standard InChI is InChI=1S/C13H10N2O3S/c1-2-17-13(16)12-15-14-11(18-12)9-7-19-10-6-4-3-5-8(9)10/h3-7H,2H2,1H3. The molecule has 0 saturated carbocycles. The lowest BCUT2D eigenvalue weighted by Gasteiger charge is -1.94. The number of aromatic nitrogens is 2. The Morgan fingerprint density at radius 2 is 2.21 bits per heavy atom. The molecule has 19 heavy (non-hydrogen) atoms. The van der Waals surface area contributed by atoms with Gasteiger partial charge in [0.05, 0.1) is 12.2 Å². The highest BCUT2D eigenvalue weighted by Crippen LogP contribution is 2.32. The van der Waals surface area contributed by atoms with E-state index in [0.717, 1.165) is 15.6 Å². The maximum Gasteiger partial charge on any atom is 0.396 e. The Bertz CT molecular complexity index is 732. The van der Waals surface area contributed by atoms with E-state index in [1.807, 2.05) is 29.6 Å². The number of carbonyl (C=O) groups excluding carboxylic acids is 1. The fourth-order valence-electron chi connectivity index (χ4n) is 1.75. The second kappa shape index (κ2) is 4.81. The van der Waals surface area contributed by atoms with E-state index in [4.69, 9.17) is 9.15 Å². The summed E-state index contributed by atoms with van der Waals surface area (Å²) in [6, 6.07) is 7.92. The molecule has 0 bridgehead atoms. The van der Waals surface area contributed by atoms with Crippen molar-refractivity contribution in [2.24, 2.45) is 0 Å². The third-order valence-corrected chi connectivity index (χ3v) is 3.55. The van der Waals surface area contributed by atoms with Crippen LogP contribution in [0.25, 0.3) is 21.5 Å². The zero-order valence-corrected chi connectivity index (χ0v) is 10.9. The van der Waals surface area contributed by atoms with Gasteiger partial charge >= 0.3 is 11.9 Å². The van der Waals surface area contributed by atoms with Gasteiger partial charge in [-0.25, -0.2) is 4.79 Å². The summed E-state index contributed by atoms with van der Waals surface area (Å²) in [5.41, 5.74) is 0.837. The van der Waals surface area contributed by atoms with Crippen LogP contribution in [0.5, 0.6) is 0 Å². The largest absolute Gasteiger partial charge is 0.459 e. The smallest absolute Gasteiger partial charge is 0.396 e. The fourth-order valence-corrected chi connectivity index (χ4v) is 2.69. The van der Waals surface area contributed by atoms with E-state index in [9.17, 15) is 4.79 Å². The molecular weight excluding hydrogens is 264 g/mol. The van der Waals surface area contributed by atoms with Gasteiger partial charge in [-0.3, -0.25) is 0 Å². The fraction of sp³-hybridized carbons (Fsp3) is 0.154. The summed E-state index contributed by atoms with van der Waals surface area (Å²) < 4.78 is 11.3. The van der Waals surface area contributed by atoms with E-state index < -0.39 is 5.97 Å². The van der Waals surface area contributed by atoms with Crippen molar-refractivity contribution in [2.45, 2.75) is 6.92 Å². The topological polar surface area (TPSA) is 65.2 Å². The molecule has 0 fully saturated rings. The van der Waals surface area contributed by atoms with Gasteiger partial charge in [0.2, 0.25) is 5.89 Å². The zero-order valence-electron chi connectivity index (χ0n) is 10.1. The first-order chi connectivity index (χ1) is 9.29. The van der Waals surface area contributed by atoms with Gasteiger partial charge in [-0.2, -0.15) is 0 Å². The average molecular weight is 274 g/mol. The number of hydrogen-bond donors (Lipinski definition) is 0. The summed E-state index contributed by atoms with van der Waals surface area (Å²) in [6.45, 7) is 2.00. The third kappa shape index (κ3) is 2.10. The van der Waals surface area contributed by atoms with Crippen LogP contribution in [-0.4, -0.2) is 22.8 Å². The van der Waals surface area contributed by atoms with Gasteiger partial charge in [0, 0.05) is 15.5 Å². The third-order valence-electron chi connectivity index (χ3n) is 2.59. The summed E-state index contributed by atoms with van der Waals surface area (Å²) in [5.74, 6) is -0.381. The highest BCUT2D eigenvalue weighted by atomic mass is 32.1. The van der Waals surface area contributed by atoms with Crippen LogP contribution in [0.3, 0.4) is 0 Å². The summed E-state index contributed by atoms with van der Waals surface area (Å²) in [7, 11) is 0. The monoisotopic (exact) mass is 274 g/mol. The molecule has 0 atom stereocenters. The number of rotatable bonds is 3. The van der Waals surface area contributed by atoms with Crippen LogP contribution in [0.15, 0.2) is 34.1 Å². The maximum absolute atomic E-state index is 11.5. The van der Waals surface area contributed by atoms with Crippen LogP contribution >= 0.6 is 11.3 Å². The summed E-state index contributed by atoms with van der Waals surface area (Å²) >= 11 is 1.59. The molecular formula is C13H10N2O3S. The van der Waals surface area contributed by atoms with Gasteiger partial charge < -0.3 is 9.15 Å². The molecule has 3 rings (SSSR count). The average Bonchev–Trinajstić information content (AvgIpc) is 3.05. The molecule has 3 aromatic rings. The van der Waals surface area contributed by atoms with E-state index >= 15 is 0 Å². The van der Waals surface area contributed by atoms with E-state index in [-0.39, 0.29) is 12.5 Å². The first kappa shape index (κ1) is 11.9. The molecule has 0 aliphatic heterocycles. The number of carbonyl (C=O) groups is 1. The lowest BCUT2D eigenvalue weighted by molar-refractivity contribution is 0.0481. The quantitative estimate of drug-likeness (QED) is 0.686. The number of ether oxygens (including phenoxy) is 1. The van der Waals surface area contributed by atoms with Gasteiger partial charge in [0.1, 0.15) is 0 Å². The molecule has 0 aliphatic carbocycles. The molecule has 0 aliphatic rings. The van der Waals surface area contributed by atoms with Gasteiger partial charge in [-0.1, -0.05) is 18.2 Å². The van der Waals surface area contributed by atoms with Crippen molar-refractivity contribution >= 4 is 27.4 Å². The van der Waals surface area contributed by atoms with Crippen molar-refractivity contribution in [3.8, 4) is 11.5 Å². The molecule has 2 heterocycles. The van der Waals surface area contributed by atoms with E-state index in [2.05, 4.69) is 10.2 Å². The Hall–Kier alpha value is -2.21. The second-order valence-corrected chi connectivity index (χ2v) is 4.69. The van der Waals surface area contributed by atoms with E-state index in [1.165, 1.54) is 0 Å². The van der Waals surface area contributed by atoms with Gasteiger partial charge in [0.15, 0.2) is 0 Å². The molecule has 5 nitrogen and oxygen atoms in total. The molecule has 0 radical (unpaired) electrons. The number of nitrogens with zero attached hydrogens (tertiary/aromatic N) is 2. The Morgan fingerprint density at radius 1 is 1.37 bits per heavy atom. The number of benzene rings is 1. The molecule has 1 aromatic carbocycles. The summed E-state index contributed by atoms with van der Waals surface area (Å²) in [4.78, 5) is 11.5. The predicted octanol–water partition coefficient (Wildman–Crippen LogP) is 3.13. The van der Waals surface area contributed by atoms with Crippen molar-refractivity contribution < 1.29 is 13.9 Å². The Kier molecular flexibility index (Phi) is 3.00. The Balaban J connectivity index is 2.01. The van der Waals surface area contributed by atoms with Gasteiger partial charge in [-0.05, 0) is 13.0 Å². The minimum atomic E-state index is -0.596. The Morgan fingerprint density at radius 3 is 3.05 bits per heavy atom. The molecule has 0 saturated heterocycles. The Labute approximate surface area is 112 Å². The lowest BCUT2D eigenvalue weighted by Crippen LogP contribution is -2.04. The molecule has 2 aromatic heterocycles. The van der Waals surface area contributed by atoms with Crippen molar-refractivity contribution in [2.75, 3.05) is 6.61 Å². The van der Waals surface area contributed by atoms with Crippen LogP contribution in [0, 0.1) is 0 Å². The van der Waals surface area contributed by atoms with E-state index in [0.29, 0.717) is 5.89 Å². The van der Waals surface area contributed by atoms with Crippen LogP contribution < -0.4 is 0 Å². The highest BCUT2D eigenvalue weighted by molar-refractivity contribution is 7.17. The molecule has 0 N–H and O–H groups in total. The highest BCUT2D eigenvalue weighted by Gasteiger charge is 2.18. The van der Waals surface area contributed by atoms with Crippen LogP contribution in [0.4, 0.5) is 0 Å². The predicted molar refractivity (Wildman–Crippen MR) is 71.1 cm³/mol. The zero-order chi connectivity index (χ0) is 13.2. The van der Waals surface area contributed by atoms with Gasteiger partial charge in [0.25, 0.3) is 0 Å². The normalized spacial score (nSPS) is 10.8. The second-order valence-electron chi connectivity index (χ2n) is 3.78. The van der Waals surface area contributed by atoms with E-state index in [1.54, 1.807) is 18.3 Å². The molecule has 0 spiro atoms. The van der Waals surface area contributed by atoms with Crippen molar-refractivity contribution in [1.29, 1.82) is 0 Å². The molecule has 96 valence electrons.